The van der Waals surface area contributed by atoms with Gasteiger partial charge in [-0.15, -0.1) is 0 Å². The molecule has 0 aliphatic carbocycles. The summed E-state index contributed by atoms with van der Waals surface area (Å²) < 4.78 is 0. The molecule has 180 valence electrons. The maximum atomic E-state index is 13.6. The predicted molar refractivity (Wildman–Crippen MR) is 140 cm³/mol. The Morgan fingerprint density at radius 3 is 2.03 bits per heavy atom. The molecule has 1 amide bonds. The average molecular weight is 480 g/mol. The van der Waals surface area contributed by atoms with Crippen molar-refractivity contribution in [1.82, 2.24) is 0 Å². The first-order chi connectivity index (χ1) is 17.3. The van der Waals surface area contributed by atoms with Gasteiger partial charge in [0.25, 0.3) is 11.6 Å². The number of carbonyl (C=O) groups is 2. The number of nitro benzene ring substituents is 1. The number of aryl methyl sites for hydroxylation is 2. The number of ketones is 1. The van der Waals surface area contributed by atoms with E-state index in [4.69, 9.17) is 0 Å². The molecular formula is C29H25N3O4. The van der Waals surface area contributed by atoms with Gasteiger partial charge in [0.2, 0.25) is 0 Å². The van der Waals surface area contributed by atoms with Crippen LogP contribution in [0, 0.1) is 24.0 Å². The van der Waals surface area contributed by atoms with E-state index in [1.165, 1.54) is 12.1 Å². The first-order valence-electron chi connectivity index (χ1n) is 11.4. The molecular weight excluding hydrogens is 454 g/mol. The molecule has 0 aliphatic heterocycles. The molecule has 2 N–H and O–H groups in total. The summed E-state index contributed by atoms with van der Waals surface area (Å²) in [5.41, 5.74) is 4.37. The molecule has 7 nitrogen and oxygen atoms in total. The van der Waals surface area contributed by atoms with Crippen molar-refractivity contribution in [3.05, 3.63) is 135 Å². The van der Waals surface area contributed by atoms with Gasteiger partial charge in [-0.1, -0.05) is 60.7 Å². The second-order valence-corrected chi connectivity index (χ2v) is 8.42. The van der Waals surface area contributed by atoms with E-state index < -0.39 is 11.0 Å². The molecule has 7 heteroatoms. The third-order valence-electron chi connectivity index (χ3n) is 5.94. The van der Waals surface area contributed by atoms with Crippen LogP contribution in [-0.4, -0.2) is 16.6 Å². The smallest absolute Gasteiger partial charge is 0.269 e. The number of nitrogens with one attached hydrogen (secondary N) is 2. The lowest BCUT2D eigenvalue weighted by Crippen LogP contribution is -2.28. The molecule has 0 bridgehead atoms. The first kappa shape index (κ1) is 24.3. The number of para-hydroxylation sites is 2. The first-order valence-corrected chi connectivity index (χ1v) is 11.4. The Hall–Kier alpha value is -4.78. The van der Waals surface area contributed by atoms with Crippen molar-refractivity contribution in [2.45, 2.75) is 19.9 Å². The van der Waals surface area contributed by atoms with Gasteiger partial charge in [0.15, 0.2) is 5.78 Å². The van der Waals surface area contributed by atoms with E-state index in [2.05, 4.69) is 10.6 Å². The van der Waals surface area contributed by atoms with E-state index in [0.29, 0.717) is 28.1 Å². The van der Waals surface area contributed by atoms with Gasteiger partial charge in [0.05, 0.1) is 4.92 Å². The fourth-order valence-corrected chi connectivity index (χ4v) is 4.00. The van der Waals surface area contributed by atoms with Crippen molar-refractivity contribution in [1.29, 1.82) is 0 Å². The number of non-ortho nitro benzene ring substituents is 1. The number of carbonyl (C=O) groups excluding carboxylic acids is 2. The Morgan fingerprint density at radius 2 is 1.39 bits per heavy atom. The number of nitrogens with zero attached hydrogens (tertiary/aromatic N) is 1. The highest BCUT2D eigenvalue weighted by Gasteiger charge is 2.25. The molecule has 1 atom stereocenters. The summed E-state index contributed by atoms with van der Waals surface area (Å²) in [6.07, 6.45) is 0. The Balaban J connectivity index is 1.72. The van der Waals surface area contributed by atoms with E-state index in [0.717, 1.165) is 11.1 Å². The second kappa shape index (κ2) is 10.7. The molecule has 36 heavy (non-hydrogen) atoms. The fraction of sp³-hybridized carbons (Fsp3) is 0.103. The Labute approximate surface area is 209 Å². The number of nitro groups is 1. The molecule has 0 saturated carbocycles. The van der Waals surface area contributed by atoms with Gasteiger partial charge < -0.3 is 10.6 Å². The topological polar surface area (TPSA) is 101 Å². The molecule has 1 unspecified atom stereocenters. The second-order valence-electron chi connectivity index (χ2n) is 8.42. The molecule has 4 aromatic rings. The largest absolute Gasteiger partial charge is 0.369 e. The van der Waals surface area contributed by atoms with Crippen LogP contribution in [0.3, 0.4) is 0 Å². The summed E-state index contributed by atoms with van der Waals surface area (Å²) in [5, 5.41) is 17.4. The Kier molecular flexibility index (Phi) is 7.20. The molecule has 4 aromatic carbocycles. The van der Waals surface area contributed by atoms with Crippen LogP contribution in [0.5, 0.6) is 0 Å². The van der Waals surface area contributed by atoms with Crippen molar-refractivity contribution in [2.24, 2.45) is 0 Å². The minimum atomic E-state index is -0.922. The maximum Gasteiger partial charge on any atom is 0.269 e. The van der Waals surface area contributed by atoms with Gasteiger partial charge in [-0.3, -0.25) is 19.7 Å². The van der Waals surface area contributed by atoms with Gasteiger partial charge in [-0.05, 0) is 54.8 Å². The quantitative estimate of drug-likeness (QED) is 0.177. The van der Waals surface area contributed by atoms with E-state index in [9.17, 15) is 19.7 Å². The number of amides is 1. The minimum absolute atomic E-state index is 0.0766. The maximum absolute atomic E-state index is 13.6. The van der Waals surface area contributed by atoms with Crippen molar-refractivity contribution < 1.29 is 14.5 Å². The summed E-state index contributed by atoms with van der Waals surface area (Å²) >= 11 is 0. The van der Waals surface area contributed by atoms with Gasteiger partial charge >= 0.3 is 0 Å². The normalized spacial score (nSPS) is 11.4. The average Bonchev–Trinajstić information content (AvgIpc) is 2.89. The zero-order valence-electron chi connectivity index (χ0n) is 19.9. The SMILES string of the molecule is Cc1cccc(C)c1NC(=O)C(Nc1ccccc1C(=O)c1ccccc1)c1ccc([N+](=O)[O-])cc1. The van der Waals surface area contributed by atoms with Crippen LogP contribution in [0.4, 0.5) is 17.1 Å². The lowest BCUT2D eigenvalue weighted by molar-refractivity contribution is -0.384. The monoisotopic (exact) mass is 479 g/mol. The van der Waals surface area contributed by atoms with Crippen LogP contribution in [-0.2, 0) is 4.79 Å². The molecule has 0 aliphatic rings. The number of rotatable bonds is 8. The highest BCUT2D eigenvalue weighted by Crippen LogP contribution is 2.28. The third-order valence-corrected chi connectivity index (χ3v) is 5.94. The lowest BCUT2D eigenvalue weighted by Gasteiger charge is -2.22. The molecule has 0 saturated heterocycles. The van der Waals surface area contributed by atoms with Crippen LogP contribution < -0.4 is 10.6 Å². The van der Waals surface area contributed by atoms with Crippen LogP contribution in [0.2, 0.25) is 0 Å². The van der Waals surface area contributed by atoms with Crippen molar-refractivity contribution in [2.75, 3.05) is 10.6 Å². The van der Waals surface area contributed by atoms with Crippen molar-refractivity contribution >= 4 is 28.8 Å². The van der Waals surface area contributed by atoms with Crippen LogP contribution in [0.1, 0.15) is 38.7 Å². The van der Waals surface area contributed by atoms with E-state index in [-0.39, 0.29) is 17.4 Å². The van der Waals surface area contributed by atoms with Crippen LogP contribution in [0.25, 0.3) is 0 Å². The van der Waals surface area contributed by atoms with Gasteiger partial charge in [-0.2, -0.15) is 0 Å². The van der Waals surface area contributed by atoms with Crippen molar-refractivity contribution in [3.8, 4) is 0 Å². The highest BCUT2D eigenvalue weighted by molar-refractivity contribution is 6.12. The van der Waals surface area contributed by atoms with Gasteiger partial charge in [0.1, 0.15) is 6.04 Å². The molecule has 0 fully saturated rings. The zero-order valence-corrected chi connectivity index (χ0v) is 19.9. The van der Waals surface area contributed by atoms with E-state index in [1.54, 1.807) is 60.7 Å². The molecule has 0 heterocycles. The number of anilines is 2. The molecule has 0 aromatic heterocycles. The third kappa shape index (κ3) is 5.31. The highest BCUT2D eigenvalue weighted by atomic mass is 16.6. The molecule has 4 rings (SSSR count). The summed E-state index contributed by atoms with van der Waals surface area (Å²) in [6.45, 7) is 3.81. The summed E-state index contributed by atoms with van der Waals surface area (Å²) in [4.78, 5) is 37.5. The van der Waals surface area contributed by atoms with Crippen LogP contribution in [0.15, 0.2) is 97.1 Å². The molecule has 0 spiro atoms. The van der Waals surface area contributed by atoms with E-state index >= 15 is 0 Å². The Bertz CT molecular complexity index is 1400. The standard InChI is InChI=1S/C29H25N3O4/c1-19-9-8-10-20(2)26(19)31-29(34)27(21-15-17-23(18-16-21)32(35)36)30-25-14-7-6-13-24(25)28(33)22-11-4-3-5-12-22/h3-18,27,30H,1-2H3,(H,31,34). The summed E-state index contributed by atoms with van der Waals surface area (Å²) in [6, 6.07) is 26.5. The van der Waals surface area contributed by atoms with E-state index in [1.807, 2.05) is 38.1 Å². The van der Waals surface area contributed by atoms with Crippen LogP contribution >= 0.6 is 0 Å². The van der Waals surface area contributed by atoms with Gasteiger partial charge in [-0.25, -0.2) is 0 Å². The lowest BCUT2D eigenvalue weighted by atomic mass is 9.99. The number of hydrogen-bond acceptors (Lipinski definition) is 5. The zero-order chi connectivity index (χ0) is 25.7. The number of benzene rings is 4. The van der Waals surface area contributed by atoms with Gasteiger partial charge in [0, 0.05) is 34.6 Å². The molecule has 0 radical (unpaired) electrons. The summed E-state index contributed by atoms with van der Waals surface area (Å²) in [7, 11) is 0. The summed E-state index contributed by atoms with van der Waals surface area (Å²) in [5.74, 6) is -0.542. The number of hydrogen-bond donors (Lipinski definition) is 2. The van der Waals surface area contributed by atoms with Crippen molar-refractivity contribution in [3.63, 3.8) is 0 Å². The minimum Gasteiger partial charge on any atom is -0.369 e. The fourth-order valence-electron chi connectivity index (χ4n) is 4.00. The Morgan fingerprint density at radius 1 is 0.778 bits per heavy atom. The predicted octanol–water partition coefficient (Wildman–Crippen LogP) is 6.23.